The van der Waals surface area contributed by atoms with Gasteiger partial charge in [0.05, 0.1) is 17.1 Å². The van der Waals surface area contributed by atoms with Crippen LogP contribution in [0.15, 0.2) is 22.7 Å². The lowest BCUT2D eigenvalue weighted by Crippen LogP contribution is -2.39. The maximum atomic E-state index is 12.0. The van der Waals surface area contributed by atoms with Crippen LogP contribution in [-0.4, -0.2) is 29.4 Å². The second kappa shape index (κ2) is 6.99. The van der Waals surface area contributed by atoms with Crippen molar-refractivity contribution in [3.05, 3.63) is 38.3 Å². The Bertz CT molecular complexity index is 547. The van der Waals surface area contributed by atoms with Gasteiger partial charge in [0.15, 0.2) is 0 Å². The van der Waals surface area contributed by atoms with Crippen molar-refractivity contribution in [2.24, 2.45) is 0 Å². The minimum atomic E-state index is -0.839. The summed E-state index contributed by atoms with van der Waals surface area (Å²) in [6, 6.07) is 3.25. The number of hydrogen-bond acceptors (Lipinski definition) is 5. The van der Waals surface area contributed by atoms with Gasteiger partial charge in [-0.25, -0.2) is 4.79 Å². The fourth-order valence-electron chi connectivity index (χ4n) is 1.44. The van der Waals surface area contributed by atoms with Crippen LogP contribution in [0.1, 0.15) is 24.2 Å². The first-order valence-electron chi connectivity index (χ1n) is 5.78. The van der Waals surface area contributed by atoms with Gasteiger partial charge in [0.25, 0.3) is 11.6 Å². The summed E-state index contributed by atoms with van der Waals surface area (Å²) < 4.78 is 4.83. The molecule has 1 N–H and O–H groups in total. The molecule has 0 heterocycles. The Balaban J connectivity index is 2.91. The highest BCUT2D eigenvalue weighted by molar-refractivity contribution is 9.10. The van der Waals surface area contributed by atoms with E-state index in [4.69, 9.17) is 4.74 Å². The summed E-state index contributed by atoms with van der Waals surface area (Å²) in [5.74, 6) is -1.16. The molecule has 0 aliphatic heterocycles. The van der Waals surface area contributed by atoms with Crippen LogP contribution in [0, 0.1) is 10.1 Å². The zero-order valence-corrected chi connectivity index (χ0v) is 12.5. The average molecular weight is 345 g/mol. The number of carbonyl (C=O) groups excluding carboxylic acids is 2. The molecule has 1 aromatic rings. The molecule has 1 amide bonds. The fourth-order valence-corrected chi connectivity index (χ4v) is 2.03. The summed E-state index contributed by atoms with van der Waals surface area (Å²) in [5, 5.41) is 13.2. The monoisotopic (exact) mass is 344 g/mol. The molecule has 0 saturated heterocycles. The summed E-state index contributed by atoms with van der Waals surface area (Å²) in [4.78, 5) is 33.6. The normalized spacial score (nSPS) is 11.6. The Kier molecular flexibility index (Phi) is 5.63. The molecule has 0 aromatic heterocycles. The molecule has 0 bridgehead atoms. The molecule has 0 aliphatic rings. The maximum absolute atomic E-state index is 12.0. The predicted octanol–water partition coefficient (Wildman–Crippen LogP) is 2.04. The zero-order chi connectivity index (χ0) is 15.3. The van der Waals surface area contributed by atoms with Crippen LogP contribution in [0.4, 0.5) is 5.69 Å². The van der Waals surface area contributed by atoms with Crippen molar-refractivity contribution in [1.82, 2.24) is 5.32 Å². The van der Waals surface area contributed by atoms with E-state index in [0.717, 1.165) is 0 Å². The van der Waals surface area contributed by atoms with Gasteiger partial charge in [-0.2, -0.15) is 0 Å². The molecule has 1 aromatic carbocycles. The predicted molar refractivity (Wildman–Crippen MR) is 74.4 cm³/mol. The smallest absolute Gasteiger partial charge is 0.328 e. The fraction of sp³-hybridized carbons (Fsp3) is 0.333. The number of rotatable bonds is 5. The molecule has 7 nitrogen and oxygen atoms in total. The first kappa shape index (κ1) is 16.1. The number of amides is 1. The van der Waals surface area contributed by atoms with Crippen LogP contribution in [0.2, 0.25) is 0 Å². The lowest BCUT2D eigenvalue weighted by molar-refractivity contribution is -0.385. The van der Waals surface area contributed by atoms with Gasteiger partial charge in [0.2, 0.25) is 0 Å². The number of ether oxygens (including phenoxy) is 1. The summed E-state index contributed by atoms with van der Waals surface area (Å²) in [6.07, 6.45) is 0. The molecular weight excluding hydrogens is 332 g/mol. The van der Waals surface area contributed by atoms with Gasteiger partial charge in [-0.1, -0.05) is 6.07 Å². The van der Waals surface area contributed by atoms with Crippen LogP contribution in [0.3, 0.4) is 0 Å². The summed E-state index contributed by atoms with van der Waals surface area (Å²) in [6.45, 7) is 3.34. The molecular formula is C12H13BrN2O5. The van der Waals surface area contributed by atoms with E-state index < -0.39 is 22.8 Å². The number of halogens is 1. The molecule has 1 unspecified atom stereocenters. The van der Waals surface area contributed by atoms with Crippen LogP contribution in [0.25, 0.3) is 0 Å². The average Bonchev–Trinajstić information content (AvgIpc) is 2.38. The lowest BCUT2D eigenvalue weighted by atomic mass is 10.2. The second-order valence-electron chi connectivity index (χ2n) is 3.84. The van der Waals surface area contributed by atoms with Gasteiger partial charge in [-0.3, -0.25) is 14.9 Å². The van der Waals surface area contributed by atoms with E-state index in [1.807, 2.05) is 0 Å². The highest BCUT2D eigenvalue weighted by atomic mass is 79.9. The highest BCUT2D eigenvalue weighted by Crippen LogP contribution is 2.28. The molecule has 0 saturated carbocycles. The number of benzene rings is 1. The Labute approximate surface area is 123 Å². The standard InChI is InChI=1S/C12H13BrN2O5/c1-3-20-12(17)7(2)14-11(16)8-5-4-6-9(10(8)13)15(18)19/h4-7H,3H2,1-2H3,(H,14,16). The summed E-state index contributed by atoms with van der Waals surface area (Å²) in [5.41, 5.74) is -0.142. The van der Waals surface area contributed by atoms with Gasteiger partial charge < -0.3 is 10.1 Å². The third kappa shape index (κ3) is 3.77. The van der Waals surface area contributed by atoms with E-state index in [9.17, 15) is 19.7 Å². The molecule has 0 aliphatic carbocycles. The Morgan fingerprint density at radius 2 is 2.15 bits per heavy atom. The van der Waals surface area contributed by atoms with E-state index in [1.165, 1.54) is 25.1 Å². The largest absolute Gasteiger partial charge is 0.464 e. The minimum absolute atomic E-state index is 0.0681. The molecule has 108 valence electrons. The van der Waals surface area contributed by atoms with Crippen molar-refractivity contribution in [2.45, 2.75) is 19.9 Å². The molecule has 0 spiro atoms. The van der Waals surface area contributed by atoms with Gasteiger partial charge in [0.1, 0.15) is 10.5 Å². The van der Waals surface area contributed by atoms with Crippen LogP contribution in [-0.2, 0) is 9.53 Å². The Morgan fingerprint density at radius 1 is 1.50 bits per heavy atom. The molecule has 0 radical (unpaired) electrons. The quantitative estimate of drug-likeness (QED) is 0.500. The van der Waals surface area contributed by atoms with Crippen molar-refractivity contribution in [1.29, 1.82) is 0 Å². The van der Waals surface area contributed by atoms with Gasteiger partial charge in [0, 0.05) is 6.07 Å². The van der Waals surface area contributed by atoms with Crippen molar-refractivity contribution in [3.63, 3.8) is 0 Å². The number of nitro benzene ring substituents is 1. The number of carbonyl (C=O) groups is 2. The zero-order valence-electron chi connectivity index (χ0n) is 10.9. The molecule has 1 atom stereocenters. The van der Waals surface area contributed by atoms with Crippen LogP contribution in [0.5, 0.6) is 0 Å². The number of nitrogens with one attached hydrogen (secondary N) is 1. The lowest BCUT2D eigenvalue weighted by Gasteiger charge is -2.13. The van der Waals surface area contributed by atoms with Gasteiger partial charge >= 0.3 is 5.97 Å². The molecule has 1 rings (SSSR count). The van der Waals surface area contributed by atoms with E-state index in [0.29, 0.717) is 0 Å². The first-order chi connectivity index (χ1) is 9.38. The summed E-state index contributed by atoms with van der Waals surface area (Å²) >= 11 is 3.02. The van der Waals surface area contributed by atoms with Crippen LogP contribution >= 0.6 is 15.9 Å². The van der Waals surface area contributed by atoms with Crippen molar-refractivity contribution in [3.8, 4) is 0 Å². The van der Waals surface area contributed by atoms with E-state index >= 15 is 0 Å². The third-order valence-electron chi connectivity index (χ3n) is 2.41. The number of nitro groups is 1. The summed E-state index contributed by atoms with van der Waals surface area (Å²) in [7, 11) is 0. The Morgan fingerprint density at radius 3 is 2.70 bits per heavy atom. The maximum Gasteiger partial charge on any atom is 0.328 e. The Hall–Kier alpha value is -1.96. The van der Waals surface area contributed by atoms with E-state index in [2.05, 4.69) is 21.2 Å². The number of nitrogens with zero attached hydrogens (tertiary/aromatic N) is 1. The van der Waals surface area contributed by atoms with Crippen molar-refractivity contribution < 1.29 is 19.2 Å². The van der Waals surface area contributed by atoms with E-state index in [-0.39, 0.29) is 22.3 Å². The van der Waals surface area contributed by atoms with E-state index in [1.54, 1.807) is 6.92 Å². The second-order valence-corrected chi connectivity index (χ2v) is 4.64. The number of esters is 1. The molecule has 0 fully saturated rings. The topological polar surface area (TPSA) is 98.5 Å². The minimum Gasteiger partial charge on any atom is -0.464 e. The molecule has 20 heavy (non-hydrogen) atoms. The van der Waals surface area contributed by atoms with Crippen molar-refractivity contribution >= 4 is 33.5 Å². The number of hydrogen-bond donors (Lipinski definition) is 1. The van der Waals surface area contributed by atoms with Gasteiger partial charge in [-0.15, -0.1) is 0 Å². The first-order valence-corrected chi connectivity index (χ1v) is 6.58. The van der Waals surface area contributed by atoms with Gasteiger partial charge in [-0.05, 0) is 35.8 Å². The highest BCUT2D eigenvalue weighted by Gasteiger charge is 2.22. The van der Waals surface area contributed by atoms with Crippen molar-refractivity contribution in [2.75, 3.05) is 6.61 Å². The SMILES string of the molecule is CCOC(=O)C(C)NC(=O)c1cccc([N+](=O)[O-])c1Br. The third-order valence-corrected chi connectivity index (χ3v) is 3.24. The molecule has 8 heteroatoms. The van der Waals surface area contributed by atoms with Crippen LogP contribution < -0.4 is 5.32 Å².